The number of benzene rings is 1. The van der Waals surface area contributed by atoms with Crippen LogP contribution in [0.1, 0.15) is 12.5 Å². The van der Waals surface area contributed by atoms with Crippen LogP contribution in [0.2, 0.25) is 0 Å². The van der Waals surface area contributed by atoms with Gasteiger partial charge in [-0.25, -0.2) is 4.79 Å². The summed E-state index contributed by atoms with van der Waals surface area (Å²) < 4.78 is 10.8. The van der Waals surface area contributed by atoms with Crippen molar-refractivity contribution in [2.24, 2.45) is 0 Å². The average molecular weight is 348 g/mol. The number of nitro benzene ring substituents is 1. The monoisotopic (exact) mass is 347 g/mol. The zero-order valence-electron chi connectivity index (χ0n) is 11.0. The van der Waals surface area contributed by atoms with Crippen LogP contribution in [0.5, 0.6) is 5.75 Å². The molecule has 0 radical (unpaired) electrons. The zero-order valence-corrected chi connectivity index (χ0v) is 12.5. The Hall–Kier alpha value is -1.67. The number of carbonyl (C=O) groups is 1. The number of aliphatic carboxylic acids is 1. The fourth-order valence-corrected chi connectivity index (χ4v) is 2.15. The number of aryl methyl sites for hydroxylation is 1. The summed E-state index contributed by atoms with van der Waals surface area (Å²) in [5, 5.41) is 19.9. The maximum absolute atomic E-state index is 11.0. The summed E-state index contributed by atoms with van der Waals surface area (Å²) >= 11 is 3.16. The van der Waals surface area contributed by atoms with Crippen molar-refractivity contribution in [3.8, 4) is 5.75 Å². The van der Waals surface area contributed by atoms with Gasteiger partial charge in [-0.2, -0.15) is 0 Å². The van der Waals surface area contributed by atoms with Gasteiger partial charge in [-0.15, -0.1) is 0 Å². The maximum atomic E-state index is 11.0. The minimum Gasteiger partial charge on any atom is -0.483 e. The molecule has 7 nitrogen and oxygen atoms in total. The lowest BCUT2D eigenvalue weighted by Gasteiger charge is -2.15. The van der Waals surface area contributed by atoms with Crippen molar-refractivity contribution in [2.75, 3.05) is 13.2 Å². The first-order valence-corrected chi connectivity index (χ1v) is 6.57. The molecule has 8 heteroatoms. The Morgan fingerprint density at radius 2 is 2.20 bits per heavy atom. The summed E-state index contributed by atoms with van der Waals surface area (Å²) in [6, 6.07) is 2.96. The molecule has 20 heavy (non-hydrogen) atoms. The van der Waals surface area contributed by atoms with E-state index in [9.17, 15) is 14.9 Å². The van der Waals surface area contributed by atoms with Crippen LogP contribution in [0.3, 0.4) is 0 Å². The standard InChI is InChI=1S/C12H14BrNO6/c1-3-19-10(12(15)16)6-20-11-7(2)4-8(13)5-9(11)14(17)18/h4-5,10H,3,6H2,1-2H3,(H,15,16). The number of carboxylic acid groups (broad SMARTS) is 1. The second-order valence-corrected chi connectivity index (χ2v) is 4.84. The second kappa shape index (κ2) is 7.20. The Kier molecular flexibility index (Phi) is 5.90. The van der Waals surface area contributed by atoms with Crippen LogP contribution >= 0.6 is 15.9 Å². The summed E-state index contributed by atoms with van der Waals surface area (Å²) in [6.45, 7) is 3.21. The molecule has 1 rings (SSSR count). The quantitative estimate of drug-likeness (QED) is 0.601. The molecule has 110 valence electrons. The third-order valence-corrected chi connectivity index (χ3v) is 2.90. The highest BCUT2D eigenvalue weighted by Gasteiger charge is 2.23. The number of hydrogen-bond acceptors (Lipinski definition) is 5. The second-order valence-electron chi connectivity index (χ2n) is 3.92. The normalized spacial score (nSPS) is 11.9. The van der Waals surface area contributed by atoms with Crippen molar-refractivity contribution < 1.29 is 24.3 Å². The van der Waals surface area contributed by atoms with E-state index in [1.54, 1.807) is 19.9 Å². The number of hydrogen-bond donors (Lipinski definition) is 1. The number of ether oxygens (including phenoxy) is 2. The maximum Gasteiger partial charge on any atom is 0.336 e. The van der Waals surface area contributed by atoms with Crippen molar-refractivity contribution in [3.05, 3.63) is 32.3 Å². The van der Waals surface area contributed by atoms with Crippen molar-refractivity contribution in [3.63, 3.8) is 0 Å². The Balaban J connectivity index is 2.97. The van der Waals surface area contributed by atoms with E-state index in [1.165, 1.54) is 6.07 Å². The molecule has 0 amide bonds. The zero-order chi connectivity index (χ0) is 15.3. The smallest absolute Gasteiger partial charge is 0.336 e. The van der Waals surface area contributed by atoms with Gasteiger partial charge in [-0.05, 0) is 25.5 Å². The topological polar surface area (TPSA) is 98.9 Å². The average Bonchev–Trinajstić information content (AvgIpc) is 2.34. The third kappa shape index (κ3) is 4.17. The molecular weight excluding hydrogens is 334 g/mol. The van der Waals surface area contributed by atoms with E-state index in [2.05, 4.69) is 15.9 Å². The van der Waals surface area contributed by atoms with Gasteiger partial charge in [0, 0.05) is 17.1 Å². The Labute approximate surface area is 123 Å². The minimum absolute atomic E-state index is 0.0455. The Bertz CT molecular complexity index is 519. The molecular formula is C12H14BrNO6. The molecule has 0 fully saturated rings. The molecule has 0 aliphatic carbocycles. The first-order chi connectivity index (χ1) is 9.36. The summed E-state index contributed by atoms with van der Waals surface area (Å²) in [5.41, 5.74) is 0.309. The van der Waals surface area contributed by atoms with Gasteiger partial charge in [-0.1, -0.05) is 15.9 Å². The van der Waals surface area contributed by atoms with Gasteiger partial charge in [0.05, 0.1) is 4.92 Å². The highest BCUT2D eigenvalue weighted by Crippen LogP contribution is 2.34. The Morgan fingerprint density at radius 1 is 1.55 bits per heavy atom. The van der Waals surface area contributed by atoms with Crippen molar-refractivity contribution in [1.29, 1.82) is 0 Å². The van der Waals surface area contributed by atoms with Gasteiger partial charge in [-0.3, -0.25) is 10.1 Å². The SMILES string of the molecule is CCOC(COc1c(C)cc(Br)cc1[N+](=O)[O-])C(=O)O. The van der Waals surface area contributed by atoms with E-state index in [4.69, 9.17) is 14.6 Å². The molecule has 1 aromatic rings. The van der Waals surface area contributed by atoms with Gasteiger partial charge in [0.2, 0.25) is 0 Å². The molecule has 0 spiro atoms. The molecule has 0 saturated heterocycles. The van der Waals surface area contributed by atoms with Gasteiger partial charge >= 0.3 is 11.7 Å². The predicted molar refractivity (Wildman–Crippen MR) is 74.1 cm³/mol. The molecule has 1 aromatic carbocycles. The molecule has 0 aromatic heterocycles. The molecule has 1 atom stereocenters. The first-order valence-electron chi connectivity index (χ1n) is 5.78. The fraction of sp³-hybridized carbons (Fsp3) is 0.417. The van der Waals surface area contributed by atoms with E-state index < -0.39 is 17.0 Å². The van der Waals surface area contributed by atoms with Gasteiger partial charge in [0.15, 0.2) is 11.9 Å². The van der Waals surface area contributed by atoms with Crippen LogP contribution in [-0.4, -0.2) is 35.3 Å². The number of carboxylic acids is 1. The Morgan fingerprint density at radius 3 is 2.70 bits per heavy atom. The molecule has 1 N–H and O–H groups in total. The van der Waals surface area contributed by atoms with Crippen LogP contribution in [-0.2, 0) is 9.53 Å². The number of nitro groups is 1. The lowest BCUT2D eigenvalue weighted by molar-refractivity contribution is -0.386. The summed E-state index contributed by atoms with van der Waals surface area (Å²) in [5.74, 6) is -1.13. The number of nitrogens with zero attached hydrogens (tertiary/aromatic N) is 1. The third-order valence-electron chi connectivity index (χ3n) is 2.44. The van der Waals surface area contributed by atoms with Crippen molar-refractivity contribution in [2.45, 2.75) is 20.0 Å². The van der Waals surface area contributed by atoms with E-state index in [-0.39, 0.29) is 24.7 Å². The summed E-state index contributed by atoms with van der Waals surface area (Å²) in [6.07, 6.45) is -1.16. The van der Waals surface area contributed by atoms with Gasteiger partial charge in [0.1, 0.15) is 6.61 Å². The molecule has 0 bridgehead atoms. The van der Waals surface area contributed by atoms with Crippen LogP contribution in [0.4, 0.5) is 5.69 Å². The van der Waals surface area contributed by atoms with Gasteiger partial charge < -0.3 is 14.6 Å². The highest BCUT2D eigenvalue weighted by molar-refractivity contribution is 9.10. The summed E-state index contributed by atoms with van der Waals surface area (Å²) in [7, 11) is 0. The van der Waals surface area contributed by atoms with Crippen LogP contribution in [0.15, 0.2) is 16.6 Å². The first kappa shape index (κ1) is 16.4. The summed E-state index contributed by atoms with van der Waals surface area (Å²) in [4.78, 5) is 21.3. The van der Waals surface area contributed by atoms with E-state index in [1.807, 2.05) is 0 Å². The molecule has 0 aliphatic heterocycles. The van der Waals surface area contributed by atoms with E-state index in [0.717, 1.165) is 0 Å². The lowest BCUT2D eigenvalue weighted by Crippen LogP contribution is -2.30. The minimum atomic E-state index is -1.18. The highest BCUT2D eigenvalue weighted by atomic mass is 79.9. The molecule has 0 heterocycles. The molecule has 0 aliphatic rings. The van der Waals surface area contributed by atoms with Crippen LogP contribution in [0, 0.1) is 17.0 Å². The van der Waals surface area contributed by atoms with Crippen molar-refractivity contribution in [1.82, 2.24) is 0 Å². The fourth-order valence-electron chi connectivity index (χ4n) is 1.59. The van der Waals surface area contributed by atoms with Crippen LogP contribution in [0.25, 0.3) is 0 Å². The largest absolute Gasteiger partial charge is 0.483 e. The lowest BCUT2D eigenvalue weighted by atomic mass is 10.2. The van der Waals surface area contributed by atoms with E-state index in [0.29, 0.717) is 10.0 Å². The molecule has 1 unspecified atom stereocenters. The van der Waals surface area contributed by atoms with E-state index >= 15 is 0 Å². The molecule has 0 saturated carbocycles. The predicted octanol–water partition coefficient (Wildman–Crippen LogP) is 2.53. The van der Waals surface area contributed by atoms with Crippen LogP contribution < -0.4 is 4.74 Å². The number of rotatable bonds is 7. The number of halogens is 1. The van der Waals surface area contributed by atoms with Crippen molar-refractivity contribution >= 4 is 27.6 Å². The van der Waals surface area contributed by atoms with Gasteiger partial charge in [0.25, 0.3) is 0 Å².